The molecular weight excluding hydrogens is 328 g/mol. The number of amides is 1. The van der Waals surface area contributed by atoms with Crippen molar-refractivity contribution in [3.63, 3.8) is 0 Å². The molecule has 3 N–H and O–H groups in total. The molecule has 1 aliphatic rings. The lowest BCUT2D eigenvalue weighted by atomic mass is 9.89. The van der Waals surface area contributed by atoms with E-state index in [0.717, 1.165) is 47.8 Å². The van der Waals surface area contributed by atoms with Crippen molar-refractivity contribution >= 4 is 22.8 Å². The average molecular weight is 350 g/mol. The van der Waals surface area contributed by atoms with Crippen molar-refractivity contribution in [1.82, 2.24) is 15.2 Å². The topological polar surface area (TPSA) is 90.9 Å². The highest BCUT2D eigenvalue weighted by molar-refractivity contribution is 6.00. The summed E-state index contributed by atoms with van der Waals surface area (Å²) in [5.41, 5.74) is 3.39. The number of rotatable bonds is 4. The van der Waals surface area contributed by atoms with Crippen molar-refractivity contribution < 1.29 is 9.90 Å². The number of H-pyrrole nitrogens is 1. The highest BCUT2D eigenvalue weighted by Crippen LogP contribution is 2.28. The molecule has 134 valence electrons. The third-order valence-electron chi connectivity index (χ3n) is 5.10. The number of aromatic amines is 1. The van der Waals surface area contributed by atoms with Crippen molar-refractivity contribution in [3.8, 4) is 11.1 Å². The molecule has 1 fully saturated rings. The first-order valence-corrected chi connectivity index (χ1v) is 9.10. The van der Waals surface area contributed by atoms with E-state index < -0.39 is 0 Å². The largest absolute Gasteiger partial charge is 0.392 e. The van der Waals surface area contributed by atoms with Gasteiger partial charge in [-0.15, -0.1) is 0 Å². The Labute approximate surface area is 151 Å². The van der Waals surface area contributed by atoms with Gasteiger partial charge in [0.05, 0.1) is 12.0 Å². The number of carbonyl (C=O) groups excluding carboxylic acids is 1. The second-order valence-corrected chi connectivity index (χ2v) is 6.87. The summed E-state index contributed by atoms with van der Waals surface area (Å²) in [6.45, 7) is 0.0244. The Hall–Kier alpha value is -2.73. The first-order chi connectivity index (χ1) is 12.7. The fraction of sp³-hybridized carbons (Fsp3) is 0.350. The number of aliphatic hydroxyl groups excluding tert-OH is 1. The first-order valence-electron chi connectivity index (χ1n) is 9.10. The summed E-state index contributed by atoms with van der Waals surface area (Å²) < 4.78 is 0. The zero-order valence-corrected chi connectivity index (χ0v) is 14.5. The number of hydrogen-bond acceptors (Lipinski definition) is 4. The van der Waals surface area contributed by atoms with E-state index in [1.54, 1.807) is 6.20 Å². The van der Waals surface area contributed by atoms with Crippen LogP contribution in [-0.2, 0) is 11.4 Å². The standard InChI is InChI=1S/C20H22N4O2/c25-12-13-6-8-14(9-7-13)16-10-17-18(21-11-16)23-24-19(17)22-20(26)15-4-2-1-3-5-15/h6-11,15,25H,1-5,12H2,(H2,21,22,23,24,26). The number of carbonyl (C=O) groups is 1. The Kier molecular flexibility index (Phi) is 4.67. The molecule has 26 heavy (non-hydrogen) atoms. The normalized spacial score (nSPS) is 15.3. The molecule has 0 radical (unpaired) electrons. The molecule has 1 aromatic carbocycles. The van der Waals surface area contributed by atoms with Crippen LogP contribution < -0.4 is 5.32 Å². The Balaban J connectivity index is 1.60. The number of hydrogen-bond donors (Lipinski definition) is 3. The van der Waals surface area contributed by atoms with Crippen LogP contribution in [0, 0.1) is 5.92 Å². The van der Waals surface area contributed by atoms with Crippen LogP contribution in [0.25, 0.3) is 22.2 Å². The molecule has 1 amide bonds. The molecule has 0 bridgehead atoms. The minimum atomic E-state index is 0.0244. The maximum absolute atomic E-state index is 12.5. The van der Waals surface area contributed by atoms with E-state index in [1.165, 1.54) is 6.42 Å². The first kappa shape index (κ1) is 16.7. The van der Waals surface area contributed by atoms with Gasteiger partial charge in [0, 0.05) is 17.7 Å². The zero-order valence-electron chi connectivity index (χ0n) is 14.5. The summed E-state index contributed by atoms with van der Waals surface area (Å²) in [6, 6.07) is 9.67. The van der Waals surface area contributed by atoms with Gasteiger partial charge in [0.15, 0.2) is 5.65 Å². The number of fused-ring (bicyclic) bond motifs is 1. The van der Waals surface area contributed by atoms with Gasteiger partial charge in [-0.05, 0) is 30.0 Å². The third kappa shape index (κ3) is 3.32. The van der Waals surface area contributed by atoms with Gasteiger partial charge in [-0.3, -0.25) is 9.89 Å². The summed E-state index contributed by atoms with van der Waals surface area (Å²) in [7, 11) is 0. The zero-order chi connectivity index (χ0) is 17.9. The van der Waals surface area contributed by atoms with Crippen LogP contribution in [-0.4, -0.2) is 26.2 Å². The van der Waals surface area contributed by atoms with Gasteiger partial charge in [0.2, 0.25) is 5.91 Å². The van der Waals surface area contributed by atoms with E-state index in [-0.39, 0.29) is 18.4 Å². The lowest BCUT2D eigenvalue weighted by Gasteiger charge is -2.20. The fourth-order valence-electron chi connectivity index (χ4n) is 3.55. The number of nitrogens with zero attached hydrogens (tertiary/aromatic N) is 2. The molecule has 4 rings (SSSR count). The second kappa shape index (κ2) is 7.25. The highest BCUT2D eigenvalue weighted by Gasteiger charge is 2.22. The molecule has 0 spiro atoms. The van der Waals surface area contributed by atoms with Gasteiger partial charge in [-0.25, -0.2) is 4.98 Å². The van der Waals surface area contributed by atoms with Crippen LogP contribution in [0.1, 0.15) is 37.7 Å². The lowest BCUT2D eigenvalue weighted by Crippen LogP contribution is -2.24. The van der Waals surface area contributed by atoms with Crippen LogP contribution in [0.3, 0.4) is 0 Å². The average Bonchev–Trinajstić information content (AvgIpc) is 3.10. The molecular formula is C20H22N4O2. The van der Waals surface area contributed by atoms with Gasteiger partial charge in [0.1, 0.15) is 5.82 Å². The fourth-order valence-corrected chi connectivity index (χ4v) is 3.55. The quantitative estimate of drug-likeness (QED) is 0.670. The van der Waals surface area contributed by atoms with Crippen LogP contribution in [0.15, 0.2) is 36.5 Å². The predicted octanol–water partition coefficient (Wildman–Crippen LogP) is 3.64. The summed E-state index contributed by atoms with van der Waals surface area (Å²) in [5, 5.41) is 20.1. The van der Waals surface area contributed by atoms with E-state index in [4.69, 9.17) is 0 Å². The maximum atomic E-state index is 12.5. The molecule has 0 atom stereocenters. The Bertz CT molecular complexity index is 911. The monoisotopic (exact) mass is 350 g/mol. The summed E-state index contributed by atoms with van der Waals surface area (Å²) in [5.74, 6) is 0.758. The van der Waals surface area contributed by atoms with Crippen molar-refractivity contribution in [3.05, 3.63) is 42.1 Å². The second-order valence-electron chi connectivity index (χ2n) is 6.87. The minimum absolute atomic E-state index is 0.0244. The Morgan fingerprint density at radius 3 is 2.65 bits per heavy atom. The molecule has 6 heteroatoms. The van der Waals surface area contributed by atoms with Crippen LogP contribution in [0.2, 0.25) is 0 Å². The van der Waals surface area contributed by atoms with E-state index in [1.807, 2.05) is 30.3 Å². The van der Waals surface area contributed by atoms with Crippen molar-refractivity contribution in [2.24, 2.45) is 5.92 Å². The number of benzene rings is 1. The molecule has 1 saturated carbocycles. The van der Waals surface area contributed by atoms with Gasteiger partial charge < -0.3 is 10.4 Å². The Morgan fingerprint density at radius 2 is 1.92 bits per heavy atom. The number of aromatic nitrogens is 3. The van der Waals surface area contributed by atoms with Crippen molar-refractivity contribution in [1.29, 1.82) is 0 Å². The number of pyridine rings is 1. The molecule has 2 heterocycles. The number of nitrogens with one attached hydrogen (secondary N) is 2. The molecule has 2 aromatic heterocycles. The van der Waals surface area contributed by atoms with E-state index in [9.17, 15) is 9.90 Å². The number of aliphatic hydroxyl groups is 1. The third-order valence-corrected chi connectivity index (χ3v) is 5.10. The maximum Gasteiger partial charge on any atom is 0.228 e. The summed E-state index contributed by atoms with van der Waals surface area (Å²) in [6.07, 6.45) is 7.15. The smallest absolute Gasteiger partial charge is 0.228 e. The molecule has 0 saturated heterocycles. The van der Waals surface area contributed by atoms with E-state index in [0.29, 0.717) is 11.5 Å². The summed E-state index contributed by atoms with van der Waals surface area (Å²) >= 11 is 0. The van der Waals surface area contributed by atoms with Gasteiger partial charge in [-0.1, -0.05) is 43.5 Å². The molecule has 1 aliphatic carbocycles. The number of anilines is 1. The Morgan fingerprint density at radius 1 is 1.15 bits per heavy atom. The summed E-state index contributed by atoms with van der Waals surface area (Å²) in [4.78, 5) is 16.9. The van der Waals surface area contributed by atoms with Gasteiger partial charge in [0.25, 0.3) is 0 Å². The predicted molar refractivity (Wildman–Crippen MR) is 100 cm³/mol. The van der Waals surface area contributed by atoms with E-state index >= 15 is 0 Å². The van der Waals surface area contributed by atoms with Crippen LogP contribution in [0.5, 0.6) is 0 Å². The van der Waals surface area contributed by atoms with Crippen LogP contribution >= 0.6 is 0 Å². The SMILES string of the molecule is O=C(Nc1[nH]nc2ncc(-c3ccc(CO)cc3)cc12)C1CCCCC1. The van der Waals surface area contributed by atoms with Crippen molar-refractivity contribution in [2.75, 3.05) is 5.32 Å². The van der Waals surface area contributed by atoms with E-state index in [2.05, 4.69) is 20.5 Å². The molecule has 3 aromatic rings. The van der Waals surface area contributed by atoms with Gasteiger partial charge in [-0.2, -0.15) is 5.10 Å². The molecule has 6 nitrogen and oxygen atoms in total. The molecule has 0 unspecified atom stereocenters. The minimum Gasteiger partial charge on any atom is -0.392 e. The lowest BCUT2D eigenvalue weighted by molar-refractivity contribution is -0.120. The van der Waals surface area contributed by atoms with Gasteiger partial charge >= 0.3 is 0 Å². The highest BCUT2D eigenvalue weighted by atomic mass is 16.3. The van der Waals surface area contributed by atoms with Crippen molar-refractivity contribution in [2.45, 2.75) is 38.7 Å². The molecule has 0 aliphatic heterocycles. The van der Waals surface area contributed by atoms with Crippen LogP contribution in [0.4, 0.5) is 5.82 Å².